The van der Waals surface area contributed by atoms with Crippen LogP contribution in [0.1, 0.15) is 30.5 Å². The van der Waals surface area contributed by atoms with Crippen LogP contribution in [-0.4, -0.2) is 44.3 Å². The summed E-state index contributed by atoms with van der Waals surface area (Å²) >= 11 is 6.14. The van der Waals surface area contributed by atoms with E-state index in [4.69, 9.17) is 11.6 Å². The van der Waals surface area contributed by atoms with Gasteiger partial charge in [0.15, 0.2) is 0 Å². The molecule has 0 saturated carbocycles. The fourth-order valence-electron chi connectivity index (χ4n) is 4.84. The van der Waals surface area contributed by atoms with Crippen molar-refractivity contribution in [2.24, 2.45) is 5.92 Å². The summed E-state index contributed by atoms with van der Waals surface area (Å²) in [6.45, 7) is 5.81. The van der Waals surface area contributed by atoms with Crippen molar-refractivity contribution in [3.05, 3.63) is 131 Å². The fraction of sp³-hybridized carbons (Fsp3) is 0.257. The molecule has 7 nitrogen and oxygen atoms in total. The average molecular weight is 632 g/mol. The minimum atomic E-state index is -4.14. The quantitative estimate of drug-likeness (QED) is 0.189. The monoisotopic (exact) mass is 631 g/mol. The maximum atomic E-state index is 14.5. The number of nitrogens with zero attached hydrogens (tertiary/aromatic N) is 2. The maximum absolute atomic E-state index is 14.5. The third kappa shape index (κ3) is 8.49. The Morgan fingerprint density at radius 2 is 1.39 bits per heavy atom. The lowest BCUT2D eigenvalue weighted by molar-refractivity contribution is -0.140. The van der Waals surface area contributed by atoms with Crippen molar-refractivity contribution in [1.29, 1.82) is 0 Å². The first-order valence-electron chi connectivity index (χ1n) is 14.5. The Morgan fingerprint density at radius 3 is 2.00 bits per heavy atom. The molecule has 4 aromatic carbocycles. The lowest BCUT2D eigenvalue weighted by Crippen LogP contribution is -2.53. The van der Waals surface area contributed by atoms with Crippen molar-refractivity contribution in [3.63, 3.8) is 0 Å². The number of halogens is 1. The van der Waals surface area contributed by atoms with Crippen LogP contribution in [-0.2, 0) is 32.6 Å². The lowest BCUT2D eigenvalue weighted by atomic mass is 10.0. The number of nitrogens with one attached hydrogen (secondary N) is 1. The Morgan fingerprint density at radius 1 is 0.795 bits per heavy atom. The number of hydrogen-bond donors (Lipinski definition) is 1. The predicted octanol–water partition coefficient (Wildman–Crippen LogP) is 6.26. The summed E-state index contributed by atoms with van der Waals surface area (Å²) in [7, 11) is -4.14. The van der Waals surface area contributed by atoms with Crippen LogP contribution in [0.3, 0.4) is 0 Å². The van der Waals surface area contributed by atoms with Gasteiger partial charge in [0.25, 0.3) is 10.0 Å². The van der Waals surface area contributed by atoms with Gasteiger partial charge in [-0.15, -0.1) is 0 Å². The number of carbonyl (C=O) groups excluding carboxylic acids is 2. The molecular weight excluding hydrogens is 594 g/mol. The largest absolute Gasteiger partial charge is 0.354 e. The van der Waals surface area contributed by atoms with Gasteiger partial charge in [-0.05, 0) is 59.9 Å². The molecule has 0 aliphatic heterocycles. The third-order valence-corrected chi connectivity index (χ3v) is 9.24. The predicted molar refractivity (Wildman–Crippen MR) is 176 cm³/mol. The molecule has 0 aliphatic carbocycles. The minimum absolute atomic E-state index is 0.0656. The third-order valence-electron chi connectivity index (χ3n) is 7.22. The van der Waals surface area contributed by atoms with Gasteiger partial charge in [-0.2, -0.15) is 0 Å². The summed E-state index contributed by atoms with van der Waals surface area (Å²) in [5.74, 6) is -0.620. The highest BCUT2D eigenvalue weighted by Crippen LogP contribution is 2.27. The molecule has 0 radical (unpaired) electrons. The van der Waals surface area contributed by atoms with Gasteiger partial charge < -0.3 is 10.2 Å². The lowest BCUT2D eigenvalue weighted by Gasteiger charge is -2.34. The van der Waals surface area contributed by atoms with Gasteiger partial charge in [-0.25, -0.2) is 8.42 Å². The molecule has 0 heterocycles. The summed E-state index contributed by atoms with van der Waals surface area (Å²) in [5, 5.41) is 3.54. The second-order valence-electron chi connectivity index (χ2n) is 11.1. The van der Waals surface area contributed by atoms with Gasteiger partial charge in [0.05, 0.1) is 10.6 Å². The molecule has 0 unspecified atom stereocenters. The van der Waals surface area contributed by atoms with Crippen molar-refractivity contribution in [3.8, 4) is 0 Å². The molecule has 4 rings (SSSR count). The number of aryl methyl sites for hydroxylation is 1. The number of benzene rings is 4. The van der Waals surface area contributed by atoms with E-state index in [-0.39, 0.29) is 29.7 Å². The first-order valence-corrected chi connectivity index (χ1v) is 16.4. The first kappa shape index (κ1) is 32.8. The Balaban J connectivity index is 1.79. The molecule has 1 atom stereocenters. The zero-order valence-corrected chi connectivity index (χ0v) is 26.8. The molecule has 9 heteroatoms. The molecule has 0 spiro atoms. The number of rotatable bonds is 13. The molecule has 0 saturated heterocycles. The molecule has 0 bridgehead atoms. The number of para-hydroxylation sites is 1. The van der Waals surface area contributed by atoms with Crippen LogP contribution < -0.4 is 9.62 Å². The van der Waals surface area contributed by atoms with Crippen LogP contribution in [0.15, 0.2) is 114 Å². The zero-order valence-electron chi connectivity index (χ0n) is 25.2. The first-order chi connectivity index (χ1) is 21.1. The fourth-order valence-corrected chi connectivity index (χ4v) is 6.47. The highest BCUT2D eigenvalue weighted by Gasteiger charge is 2.35. The van der Waals surface area contributed by atoms with E-state index < -0.39 is 28.5 Å². The van der Waals surface area contributed by atoms with Crippen LogP contribution >= 0.6 is 11.6 Å². The van der Waals surface area contributed by atoms with Gasteiger partial charge in [0.1, 0.15) is 12.6 Å². The van der Waals surface area contributed by atoms with Crippen molar-refractivity contribution in [2.75, 3.05) is 17.4 Å². The molecular formula is C35H38ClN3O4S. The molecule has 44 heavy (non-hydrogen) atoms. The van der Waals surface area contributed by atoms with E-state index in [0.717, 1.165) is 15.4 Å². The Hall–Kier alpha value is -4.14. The molecule has 0 aliphatic rings. The highest BCUT2D eigenvalue weighted by atomic mass is 35.5. The molecule has 230 valence electrons. The number of hydrogen-bond acceptors (Lipinski definition) is 4. The van der Waals surface area contributed by atoms with Gasteiger partial charge in [0.2, 0.25) is 11.8 Å². The van der Waals surface area contributed by atoms with Crippen LogP contribution in [0.25, 0.3) is 0 Å². The van der Waals surface area contributed by atoms with Crippen molar-refractivity contribution >= 4 is 39.1 Å². The molecule has 1 N–H and O–H groups in total. The SMILES string of the molecule is Cc1ccccc1N(CC(=O)N(Cc1ccc(Cl)cc1)[C@H](Cc1ccccc1)C(=O)NCC(C)C)S(=O)(=O)c1ccccc1. The van der Waals surface area contributed by atoms with Crippen molar-refractivity contribution in [2.45, 2.75) is 44.7 Å². The summed E-state index contributed by atoms with van der Waals surface area (Å²) in [5.41, 5.74) is 2.71. The number of anilines is 1. The normalized spacial score (nSPS) is 12.0. The molecule has 2 amide bonds. The summed E-state index contributed by atoms with van der Waals surface area (Å²) in [6.07, 6.45) is 0.250. The van der Waals surface area contributed by atoms with Gasteiger partial charge >= 0.3 is 0 Å². The van der Waals surface area contributed by atoms with E-state index in [1.807, 2.05) is 50.2 Å². The number of sulfonamides is 1. The Kier molecular flexibility index (Phi) is 11.2. The topological polar surface area (TPSA) is 86.8 Å². The van der Waals surface area contributed by atoms with E-state index in [1.54, 1.807) is 67.6 Å². The van der Waals surface area contributed by atoms with Crippen LogP contribution in [0.5, 0.6) is 0 Å². The van der Waals surface area contributed by atoms with Crippen molar-refractivity contribution in [1.82, 2.24) is 10.2 Å². The van der Waals surface area contributed by atoms with E-state index in [9.17, 15) is 18.0 Å². The van der Waals surface area contributed by atoms with E-state index >= 15 is 0 Å². The number of amides is 2. The smallest absolute Gasteiger partial charge is 0.264 e. The van der Waals surface area contributed by atoms with Crippen LogP contribution in [0, 0.1) is 12.8 Å². The summed E-state index contributed by atoms with van der Waals surface area (Å²) in [6, 6.07) is 30.7. The Bertz CT molecular complexity index is 1650. The van der Waals surface area contributed by atoms with E-state index in [0.29, 0.717) is 22.8 Å². The number of carbonyl (C=O) groups is 2. The van der Waals surface area contributed by atoms with Crippen molar-refractivity contribution < 1.29 is 18.0 Å². The second kappa shape index (κ2) is 15.0. The van der Waals surface area contributed by atoms with E-state index in [1.165, 1.54) is 17.0 Å². The summed E-state index contributed by atoms with van der Waals surface area (Å²) in [4.78, 5) is 29.8. The van der Waals surface area contributed by atoms with E-state index in [2.05, 4.69) is 5.32 Å². The average Bonchev–Trinajstić information content (AvgIpc) is 3.02. The molecule has 0 fully saturated rings. The Labute approximate surface area is 265 Å². The second-order valence-corrected chi connectivity index (χ2v) is 13.4. The van der Waals surface area contributed by atoms with Gasteiger partial charge in [-0.1, -0.05) is 104 Å². The maximum Gasteiger partial charge on any atom is 0.264 e. The van der Waals surface area contributed by atoms with Crippen LogP contribution in [0.4, 0.5) is 5.69 Å². The standard InChI is InChI=1S/C35H38ClN3O4S/c1-26(2)23-37-35(41)33(22-28-13-6-4-7-14-28)38(24-29-18-20-30(36)21-19-29)34(40)25-39(32-17-11-10-12-27(32)3)44(42,43)31-15-8-5-9-16-31/h4-21,26,33H,22-25H2,1-3H3,(H,37,41)/t33-/m1/s1. The zero-order chi connectivity index (χ0) is 31.7. The molecule has 4 aromatic rings. The van der Waals surface area contributed by atoms with Gasteiger partial charge in [0, 0.05) is 24.5 Å². The minimum Gasteiger partial charge on any atom is -0.354 e. The van der Waals surface area contributed by atoms with Gasteiger partial charge in [-0.3, -0.25) is 13.9 Å². The summed E-state index contributed by atoms with van der Waals surface area (Å²) < 4.78 is 29.3. The molecule has 0 aromatic heterocycles. The highest BCUT2D eigenvalue weighted by molar-refractivity contribution is 7.92. The van der Waals surface area contributed by atoms with Crippen LogP contribution in [0.2, 0.25) is 5.02 Å².